The smallest absolute Gasteiger partial charge is 0.124 e. The van der Waals surface area contributed by atoms with Crippen molar-refractivity contribution in [1.29, 1.82) is 0 Å². The predicted molar refractivity (Wildman–Crippen MR) is 69.0 cm³/mol. The molecule has 1 heterocycles. The van der Waals surface area contributed by atoms with E-state index >= 15 is 0 Å². The van der Waals surface area contributed by atoms with Crippen LogP contribution < -0.4 is 10.5 Å². The number of benzene rings is 1. The van der Waals surface area contributed by atoms with Crippen LogP contribution in [0.1, 0.15) is 50.6 Å². The fourth-order valence-corrected chi connectivity index (χ4v) is 3.72. The molecule has 92 valence electrons. The third-order valence-electron chi connectivity index (χ3n) is 4.59. The molecule has 2 N–H and O–H groups in total. The van der Waals surface area contributed by atoms with Gasteiger partial charge in [-0.2, -0.15) is 0 Å². The predicted octanol–water partition coefficient (Wildman–Crippen LogP) is 3.42. The van der Waals surface area contributed by atoms with Gasteiger partial charge in [0.25, 0.3) is 0 Å². The summed E-state index contributed by atoms with van der Waals surface area (Å²) in [6, 6.07) is 8.41. The zero-order chi connectivity index (χ0) is 11.9. The fourth-order valence-electron chi connectivity index (χ4n) is 3.72. The summed E-state index contributed by atoms with van der Waals surface area (Å²) in [7, 11) is 0. The van der Waals surface area contributed by atoms with E-state index in [0.717, 1.165) is 12.2 Å². The molecular weight excluding hydrogens is 210 g/mol. The molecule has 3 atom stereocenters. The second-order valence-electron chi connectivity index (χ2n) is 5.51. The lowest BCUT2D eigenvalue weighted by Gasteiger charge is -2.42. The quantitative estimate of drug-likeness (QED) is 0.803. The van der Waals surface area contributed by atoms with Gasteiger partial charge in [-0.1, -0.05) is 25.1 Å². The molecule has 1 saturated carbocycles. The van der Waals surface area contributed by atoms with Crippen molar-refractivity contribution in [2.45, 2.75) is 50.7 Å². The van der Waals surface area contributed by atoms with E-state index in [4.69, 9.17) is 10.5 Å². The van der Waals surface area contributed by atoms with Crippen LogP contribution in [0.3, 0.4) is 0 Å². The molecule has 3 unspecified atom stereocenters. The molecule has 0 aromatic heterocycles. The molecule has 1 fully saturated rings. The van der Waals surface area contributed by atoms with Crippen LogP contribution >= 0.6 is 0 Å². The molecule has 1 aromatic rings. The molecule has 1 spiro atoms. The highest BCUT2D eigenvalue weighted by molar-refractivity contribution is 5.39. The van der Waals surface area contributed by atoms with Crippen LogP contribution in [0.5, 0.6) is 5.75 Å². The summed E-state index contributed by atoms with van der Waals surface area (Å²) in [5, 5.41) is 0. The van der Waals surface area contributed by atoms with E-state index in [1.165, 1.54) is 31.2 Å². The van der Waals surface area contributed by atoms with Crippen molar-refractivity contribution in [1.82, 2.24) is 0 Å². The van der Waals surface area contributed by atoms with E-state index in [1.807, 2.05) is 12.1 Å². The Morgan fingerprint density at radius 3 is 3.06 bits per heavy atom. The largest absolute Gasteiger partial charge is 0.487 e. The first-order chi connectivity index (χ1) is 8.25. The van der Waals surface area contributed by atoms with E-state index in [2.05, 4.69) is 19.1 Å². The molecule has 0 bridgehead atoms. The highest BCUT2D eigenvalue weighted by atomic mass is 16.5. The lowest BCUT2D eigenvalue weighted by Crippen LogP contribution is -2.45. The third kappa shape index (κ3) is 1.66. The van der Waals surface area contributed by atoms with Gasteiger partial charge in [0.15, 0.2) is 0 Å². The minimum Gasteiger partial charge on any atom is -0.487 e. The maximum absolute atomic E-state index is 6.37. The monoisotopic (exact) mass is 231 g/mol. The van der Waals surface area contributed by atoms with Gasteiger partial charge in [-0.15, -0.1) is 0 Å². The van der Waals surface area contributed by atoms with Crippen LogP contribution in [0.2, 0.25) is 0 Å². The van der Waals surface area contributed by atoms with Crippen LogP contribution in [0.4, 0.5) is 0 Å². The molecule has 0 radical (unpaired) electrons. The van der Waals surface area contributed by atoms with Gasteiger partial charge in [-0.25, -0.2) is 0 Å². The summed E-state index contributed by atoms with van der Waals surface area (Å²) < 4.78 is 6.37. The van der Waals surface area contributed by atoms with Gasteiger partial charge in [-0.05, 0) is 37.7 Å². The average molecular weight is 231 g/mol. The van der Waals surface area contributed by atoms with Gasteiger partial charge in [-0.3, -0.25) is 0 Å². The molecular formula is C15H21NO. The summed E-state index contributed by atoms with van der Waals surface area (Å²) in [5.74, 6) is 1.70. The molecule has 2 aliphatic rings. The van der Waals surface area contributed by atoms with Crippen LogP contribution in [0.15, 0.2) is 24.3 Å². The molecule has 2 nitrogen and oxygen atoms in total. The molecule has 1 aromatic carbocycles. The maximum atomic E-state index is 6.37. The van der Waals surface area contributed by atoms with Crippen molar-refractivity contribution in [2.75, 3.05) is 0 Å². The Hall–Kier alpha value is -1.02. The van der Waals surface area contributed by atoms with Crippen LogP contribution in [-0.2, 0) is 0 Å². The summed E-state index contributed by atoms with van der Waals surface area (Å²) in [5.41, 5.74) is 7.55. The van der Waals surface area contributed by atoms with Crippen LogP contribution in [0, 0.1) is 5.92 Å². The Morgan fingerprint density at radius 2 is 2.24 bits per heavy atom. The van der Waals surface area contributed by atoms with Crippen LogP contribution in [0.25, 0.3) is 0 Å². The summed E-state index contributed by atoms with van der Waals surface area (Å²) in [4.78, 5) is 0. The second-order valence-corrected chi connectivity index (χ2v) is 5.51. The van der Waals surface area contributed by atoms with E-state index in [1.54, 1.807) is 0 Å². The van der Waals surface area contributed by atoms with Crippen molar-refractivity contribution < 1.29 is 4.74 Å². The summed E-state index contributed by atoms with van der Waals surface area (Å²) in [6.07, 6.45) is 5.95. The van der Waals surface area contributed by atoms with Gasteiger partial charge in [0.2, 0.25) is 0 Å². The number of fused-ring (bicyclic) bond motifs is 1. The van der Waals surface area contributed by atoms with Crippen molar-refractivity contribution >= 4 is 0 Å². The molecule has 3 rings (SSSR count). The number of hydrogen-bond donors (Lipinski definition) is 1. The number of nitrogens with two attached hydrogens (primary N) is 1. The molecule has 0 amide bonds. The minimum absolute atomic E-state index is 0.0303. The highest BCUT2D eigenvalue weighted by Crippen LogP contribution is 2.50. The van der Waals surface area contributed by atoms with E-state index < -0.39 is 0 Å². The second kappa shape index (κ2) is 4.02. The Morgan fingerprint density at radius 1 is 1.41 bits per heavy atom. The molecule has 0 saturated heterocycles. The van der Waals surface area contributed by atoms with E-state index in [9.17, 15) is 0 Å². The SMILES string of the molecule is CCC1CCCC12CC(N)c1ccccc1O2. The zero-order valence-corrected chi connectivity index (χ0v) is 10.5. The van der Waals surface area contributed by atoms with Crippen molar-refractivity contribution in [2.24, 2.45) is 11.7 Å². The highest BCUT2D eigenvalue weighted by Gasteiger charge is 2.47. The van der Waals surface area contributed by atoms with E-state index in [-0.39, 0.29) is 11.6 Å². The van der Waals surface area contributed by atoms with Gasteiger partial charge in [0.1, 0.15) is 11.4 Å². The summed E-state index contributed by atoms with van der Waals surface area (Å²) in [6.45, 7) is 2.27. The van der Waals surface area contributed by atoms with Crippen LogP contribution in [-0.4, -0.2) is 5.60 Å². The number of para-hydroxylation sites is 1. The molecule has 1 aliphatic heterocycles. The summed E-state index contributed by atoms with van der Waals surface area (Å²) >= 11 is 0. The standard InChI is InChI=1S/C15H21NO/c1-2-11-6-5-9-15(11)10-13(16)12-7-3-4-8-14(12)17-15/h3-4,7-8,11,13H,2,5-6,9-10,16H2,1H3. The first-order valence-electron chi connectivity index (χ1n) is 6.79. The lowest BCUT2D eigenvalue weighted by atomic mass is 9.79. The van der Waals surface area contributed by atoms with Crippen molar-refractivity contribution in [3.63, 3.8) is 0 Å². The maximum Gasteiger partial charge on any atom is 0.124 e. The fraction of sp³-hybridized carbons (Fsp3) is 0.600. The zero-order valence-electron chi connectivity index (χ0n) is 10.5. The minimum atomic E-state index is 0.0303. The third-order valence-corrected chi connectivity index (χ3v) is 4.59. The Balaban J connectivity index is 1.97. The molecule has 1 aliphatic carbocycles. The molecule has 2 heteroatoms. The first kappa shape index (κ1) is 11.1. The van der Waals surface area contributed by atoms with Gasteiger partial charge >= 0.3 is 0 Å². The van der Waals surface area contributed by atoms with E-state index in [0.29, 0.717) is 5.92 Å². The Labute approximate surface area is 103 Å². The first-order valence-corrected chi connectivity index (χ1v) is 6.79. The number of ether oxygens (including phenoxy) is 1. The topological polar surface area (TPSA) is 35.2 Å². The number of hydrogen-bond acceptors (Lipinski definition) is 2. The van der Waals surface area contributed by atoms with Crippen molar-refractivity contribution in [3.05, 3.63) is 29.8 Å². The number of rotatable bonds is 1. The van der Waals surface area contributed by atoms with Crippen molar-refractivity contribution in [3.8, 4) is 5.75 Å². The average Bonchev–Trinajstić information content (AvgIpc) is 2.71. The van der Waals surface area contributed by atoms with Gasteiger partial charge in [0, 0.05) is 18.0 Å². The van der Waals surface area contributed by atoms with Gasteiger partial charge < -0.3 is 10.5 Å². The normalized spacial score (nSPS) is 35.6. The molecule has 17 heavy (non-hydrogen) atoms. The Bertz CT molecular complexity index is 417. The van der Waals surface area contributed by atoms with Gasteiger partial charge in [0.05, 0.1) is 0 Å². The Kier molecular flexibility index (Phi) is 2.62. The lowest BCUT2D eigenvalue weighted by molar-refractivity contribution is -0.000941.